The van der Waals surface area contributed by atoms with Gasteiger partial charge in [-0.05, 0) is 64.9 Å². The molecular formula is C22H38N2O3. The molecule has 1 aromatic rings. The molecule has 0 aliphatic rings. The highest BCUT2D eigenvalue weighted by Crippen LogP contribution is 2.19. The van der Waals surface area contributed by atoms with E-state index in [1.54, 1.807) is 7.05 Å². The number of ether oxygens (including phenoxy) is 1. The molecule has 5 nitrogen and oxygen atoms in total. The molecule has 0 radical (unpaired) electrons. The van der Waals surface area contributed by atoms with Crippen LogP contribution in [0.1, 0.15) is 83.5 Å². The monoisotopic (exact) mass is 378 g/mol. The summed E-state index contributed by atoms with van der Waals surface area (Å²) in [6.45, 7) is 12.3. The van der Waals surface area contributed by atoms with E-state index in [1.165, 1.54) is 23.9 Å². The van der Waals surface area contributed by atoms with Gasteiger partial charge in [-0.3, -0.25) is 9.59 Å². The van der Waals surface area contributed by atoms with Gasteiger partial charge in [-0.15, -0.1) is 0 Å². The molecule has 1 rings (SSSR count). The number of unbranched alkanes of at least 4 members (excludes halogenated alkanes) is 3. The Bertz CT molecular complexity index is 671. The predicted octanol–water partition coefficient (Wildman–Crippen LogP) is 4.37. The quantitative estimate of drug-likeness (QED) is 0.448. The summed E-state index contributed by atoms with van der Waals surface area (Å²) in [4.78, 5) is 24.2. The first-order valence-electron chi connectivity index (χ1n) is 10.3. The first-order valence-corrected chi connectivity index (χ1v) is 10.3. The maximum atomic E-state index is 12.3. The Morgan fingerprint density at radius 3 is 2.48 bits per heavy atom. The predicted molar refractivity (Wildman–Crippen MR) is 110 cm³/mol. The Balaban J connectivity index is 2.76. The van der Waals surface area contributed by atoms with E-state index in [2.05, 4.69) is 18.9 Å². The normalized spacial score (nSPS) is 12.9. The third-order valence-corrected chi connectivity index (χ3v) is 4.96. The molecule has 0 aromatic carbocycles. The van der Waals surface area contributed by atoms with Crippen molar-refractivity contribution in [1.29, 1.82) is 0 Å². The van der Waals surface area contributed by atoms with Crippen molar-refractivity contribution in [3.05, 3.63) is 27.2 Å². The number of aryl methyl sites for hydroxylation is 1. The zero-order valence-electron chi connectivity index (χ0n) is 18.4. The lowest BCUT2D eigenvalue weighted by Gasteiger charge is -2.19. The number of carbonyl (C=O) groups is 1. The SMILES string of the molecule is CCCCCCc1c(CC(C)CCOC(=O)C(C)(C)C)nn(C)c(=O)c1C. The fraction of sp³-hybridized carbons (Fsp3) is 0.773. The largest absolute Gasteiger partial charge is 0.465 e. The van der Waals surface area contributed by atoms with Crippen LogP contribution in [0.4, 0.5) is 0 Å². The Morgan fingerprint density at radius 2 is 1.89 bits per heavy atom. The highest BCUT2D eigenvalue weighted by molar-refractivity contribution is 5.75. The second-order valence-electron chi connectivity index (χ2n) is 8.77. The van der Waals surface area contributed by atoms with Gasteiger partial charge in [0.15, 0.2) is 0 Å². The van der Waals surface area contributed by atoms with Crippen LogP contribution in [0.5, 0.6) is 0 Å². The first kappa shape index (κ1) is 23.4. The van der Waals surface area contributed by atoms with Crippen LogP contribution in [0, 0.1) is 18.3 Å². The molecule has 27 heavy (non-hydrogen) atoms. The molecule has 1 heterocycles. The van der Waals surface area contributed by atoms with Crippen LogP contribution in [-0.2, 0) is 29.4 Å². The fourth-order valence-corrected chi connectivity index (χ4v) is 3.10. The Kier molecular flexibility index (Phi) is 9.20. The second-order valence-corrected chi connectivity index (χ2v) is 8.77. The van der Waals surface area contributed by atoms with E-state index < -0.39 is 5.41 Å². The van der Waals surface area contributed by atoms with E-state index in [1.807, 2.05) is 27.7 Å². The van der Waals surface area contributed by atoms with Crippen LogP contribution in [0.15, 0.2) is 4.79 Å². The van der Waals surface area contributed by atoms with Crippen LogP contribution in [0.25, 0.3) is 0 Å². The van der Waals surface area contributed by atoms with Crippen LogP contribution < -0.4 is 5.56 Å². The van der Waals surface area contributed by atoms with E-state index in [4.69, 9.17) is 4.74 Å². The number of hydrogen-bond acceptors (Lipinski definition) is 4. The molecule has 0 bridgehead atoms. The molecular weight excluding hydrogens is 340 g/mol. The topological polar surface area (TPSA) is 61.2 Å². The van der Waals surface area contributed by atoms with Gasteiger partial charge in [0.1, 0.15) is 0 Å². The molecule has 0 fully saturated rings. The van der Waals surface area contributed by atoms with Crippen LogP contribution in [0.3, 0.4) is 0 Å². The molecule has 0 aliphatic heterocycles. The number of rotatable bonds is 10. The van der Waals surface area contributed by atoms with Gasteiger partial charge in [0.25, 0.3) is 5.56 Å². The van der Waals surface area contributed by atoms with Crippen molar-refractivity contribution in [2.24, 2.45) is 18.4 Å². The summed E-state index contributed by atoms with van der Waals surface area (Å²) in [6, 6.07) is 0. The highest BCUT2D eigenvalue weighted by Gasteiger charge is 2.23. The average Bonchev–Trinajstić information content (AvgIpc) is 2.58. The number of esters is 1. The zero-order chi connectivity index (χ0) is 20.6. The van der Waals surface area contributed by atoms with Gasteiger partial charge in [0.05, 0.1) is 17.7 Å². The summed E-state index contributed by atoms with van der Waals surface area (Å²) in [5, 5.41) is 4.55. The van der Waals surface area contributed by atoms with Crippen LogP contribution in [0.2, 0.25) is 0 Å². The van der Waals surface area contributed by atoms with Crippen LogP contribution in [-0.4, -0.2) is 22.4 Å². The van der Waals surface area contributed by atoms with Gasteiger partial charge in [-0.2, -0.15) is 5.10 Å². The molecule has 0 spiro atoms. The molecule has 0 amide bonds. The van der Waals surface area contributed by atoms with Gasteiger partial charge in [0.2, 0.25) is 0 Å². The lowest BCUT2D eigenvalue weighted by molar-refractivity contribution is -0.153. The maximum Gasteiger partial charge on any atom is 0.311 e. The number of carbonyl (C=O) groups excluding carboxylic acids is 1. The van der Waals surface area contributed by atoms with Crippen LogP contribution >= 0.6 is 0 Å². The minimum absolute atomic E-state index is 0.00370. The number of hydrogen-bond donors (Lipinski definition) is 0. The molecule has 1 unspecified atom stereocenters. The van der Waals surface area contributed by atoms with Crippen molar-refractivity contribution in [3.63, 3.8) is 0 Å². The molecule has 1 aromatic heterocycles. The lowest BCUT2D eigenvalue weighted by Crippen LogP contribution is -2.27. The molecule has 0 N–H and O–H groups in total. The molecule has 1 atom stereocenters. The highest BCUT2D eigenvalue weighted by atomic mass is 16.5. The summed E-state index contributed by atoms with van der Waals surface area (Å²) in [5.41, 5.74) is 2.49. The van der Waals surface area contributed by atoms with E-state index >= 15 is 0 Å². The third kappa shape index (κ3) is 7.47. The smallest absolute Gasteiger partial charge is 0.311 e. The standard InChI is InChI=1S/C22H38N2O3/c1-8-9-10-11-12-18-17(3)20(25)24(7)23-19(18)15-16(2)13-14-27-21(26)22(4,5)6/h16H,8-15H2,1-7H3. The first-order chi connectivity index (χ1) is 12.6. The molecule has 0 saturated carbocycles. The van der Waals surface area contributed by atoms with Gasteiger partial charge < -0.3 is 4.74 Å². The van der Waals surface area contributed by atoms with Crippen molar-refractivity contribution in [3.8, 4) is 0 Å². The molecule has 0 aliphatic carbocycles. The Hall–Kier alpha value is -1.65. The minimum Gasteiger partial charge on any atom is -0.465 e. The summed E-state index contributed by atoms with van der Waals surface area (Å²) in [7, 11) is 1.72. The Labute approximate surface area is 164 Å². The summed E-state index contributed by atoms with van der Waals surface area (Å²) >= 11 is 0. The average molecular weight is 379 g/mol. The molecule has 154 valence electrons. The Morgan fingerprint density at radius 1 is 1.22 bits per heavy atom. The van der Waals surface area contributed by atoms with E-state index in [-0.39, 0.29) is 11.5 Å². The molecule has 5 heteroatoms. The zero-order valence-corrected chi connectivity index (χ0v) is 18.4. The minimum atomic E-state index is -0.467. The number of nitrogens with zero attached hydrogens (tertiary/aromatic N) is 2. The van der Waals surface area contributed by atoms with Crippen molar-refractivity contribution >= 4 is 5.97 Å². The van der Waals surface area contributed by atoms with Gasteiger partial charge in [-0.25, -0.2) is 4.68 Å². The fourth-order valence-electron chi connectivity index (χ4n) is 3.10. The summed E-state index contributed by atoms with van der Waals surface area (Å²) in [5.74, 6) is 0.166. The van der Waals surface area contributed by atoms with Gasteiger partial charge in [0, 0.05) is 12.6 Å². The van der Waals surface area contributed by atoms with E-state index in [9.17, 15) is 9.59 Å². The number of aromatic nitrogens is 2. The van der Waals surface area contributed by atoms with Gasteiger partial charge in [-0.1, -0.05) is 33.1 Å². The summed E-state index contributed by atoms with van der Waals surface area (Å²) in [6.07, 6.45) is 7.20. The van der Waals surface area contributed by atoms with Crippen molar-refractivity contribution < 1.29 is 9.53 Å². The summed E-state index contributed by atoms with van der Waals surface area (Å²) < 4.78 is 6.84. The maximum absolute atomic E-state index is 12.3. The lowest BCUT2D eigenvalue weighted by atomic mass is 9.94. The second kappa shape index (κ2) is 10.6. The van der Waals surface area contributed by atoms with Crippen molar-refractivity contribution in [2.45, 2.75) is 86.5 Å². The van der Waals surface area contributed by atoms with E-state index in [0.717, 1.165) is 42.5 Å². The van der Waals surface area contributed by atoms with E-state index in [0.29, 0.717) is 12.5 Å². The van der Waals surface area contributed by atoms with Gasteiger partial charge >= 0.3 is 5.97 Å². The van der Waals surface area contributed by atoms with Crippen molar-refractivity contribution in [1.82, 2.24) is 9.78 Å². The van der Waals surface area contributed by atoms with Crippen molar-refractivity contribution in [2.75, 3.05) is 6.61 Å². The third-order valence-electron chi connectivity index (χ3n) is 4.96. The molecule has 0 saturated heterocycles.